The van der Waals surface area contributed by atoms with E-state index in [-0.39, 0.29) is 6.10 Å². The molecule has 3 aromatic rings. The maximum atomic E-state index is 12.1. The molecule has 7 nitrogen and oxygen atoms in total. The number of fused-ring (bicyclic) bond motifs is 1. The van der Waals surface area contributed by atoms with Gasteiger partial charge in [0.05, 0.1) is 0 Å². The molecule has 2 aromatic heterocycles. The third-order valence-corrected chi connectivity index (χ3v) is 3.55. The number of aryl methyl sites for hydroxylation is 1. The zero-order chi connectivity index (χ0) is 15.9. The Hall–Kier alpha value is -2.83. The second-order valence-electron chi connectivity index (χ2n) is 5.10. The molecule has 0 saturated heterocycles. The average molecular weight is 300 g/mol. The van der Waals surface area contributed by atoms with E-state index in [0.29, 0.717) is 22.7 Å². The lowest BCUT2D eigenvalue weighted by atomic mass is 10.3. The van der Waals surface area contributed by atoms with E-state index >= 15 is 0 Å². The normalized spacial score (nSPS) is 12.5. The molecule has 1 atom stereocenters. The minimum absolute atomic E-state index is 0.295. The molecular formula is C15H16N4O3. The molecule has 0 aliphatic rings. The van der Waals surface area contributed by atoms with Gasteiger partial charge in [-0.15, -0.1) is 0 Å². The monoisotopic (exact) mass is 300 g/mol. The van der Waals surface area contributed by atoms with Crippen molar-refractivity contribution in [2.45, 2.75) is 13.0 Å². The number of hydrogen-bond donors (Lipinski definition) is 1. The van der Waals surface area contributed by atoms with Gasteiger partial charge in [-0.25, -0.2) is 9.78 Å². The Morgan fingerprint density at radius 1 is 1.14 bits per heavy atom. The zero-order valence-electron chi connectivity index (χ0n) is 12.5. The Morgan fingerprint density at radius 3 is 2.50 bits per heavy atom. The van der Waals surface area contributed by atoms with Crippen molar-refractivity contribution in [3.8, 4) is 5.75 Å². The molecule has 3 rings (SSSR count). The van der Waals surface area contributed by atoms with Crippen LogP contribution in [0.3, 0.4) is 0 Å². The fraction of sp³-hybridized carbons (Fsp3) is 0.267. The minimum Gasteiger partial charge on any atom is -0.483 e. The summed E-state index contributed by atoms with van der Waals surface area (Å²) in [5.74, 6) is 1.20. The molecule has 1 aromatic carbocycles. The van der Waals surface area contributed by atoms with E-state index in [0.717, 1.165) is 4.57 Å². The van der Waals surface area contributed by atoms with Gasteiger partial charge in [0.1, 0.15) is 17.1 Å². The molecule has 22 heavy (non-hydrogen) atoms. The number of rotatable bonds is 3. The largest absolute Gasteiger partial charge is 0.483 e. The van der Waals surface area contributed by atoms with Crippen LogP contribution in [0.1, 0.15) is 18.9 Å². The smallest absolute Gasteiger partial charge is 0.332 e. The molecule has 0 radical (unpaired) electrons. The van der Waals surface area contributed by atoms with Gasteiger partial charge in [0.25, 0.3) is 5.56 Å². The Kier molecular flexibility index (Phi) is 3.32. The summed E-state index contributed by atoms with van der Waals surface area (Å²) in [6, 6.07) is 9.33. The van der Waals surface area contributed by atoms with Crippen molar-refractivity contribution in [1.29, 1.82) is 0 Å². The molecule has 0 aliphatic heterocycles. The maximum absolute atomic E-state index is 12.1. The number of nitrogens with zero attached hydrogens (tertiary/aromatic N) is 3. The first kappa shape index (κ1) is 14.1. The zero-order valence-corrected chi connectivity index (χ0v) is 12.5. The van der Waals surface area contributed by atoms with Gasteiger partial charge >= 0.3 is 5.69 Å². The molecule has 0 amide bonds. The topological polar surface area (TPSA) is 81.9 Å². The first-order valence-corrected chi connectivity index (χ1v) is 6.86. The van der Waals surface area contributed by atoms with E-state index in [1.807, 2.05) is 37.3 Å². The van der Waals surface area contributed by atoms with E-state index in [9.17, 15) is 9.59 Å². The second-order valence-corrected chi connectivity index (χ2v) is 5.10. The van der Waals surface area contributed by atoms with Gasteiger partial charge in [0, 0.05) is 14.1 Å². The highest BCUT2D eigenvalue weighted by Crippen LogP contribution is 2.20. The number of aromatic nitrogens is 4. The van der Waals surface area contributed by atoms with Crippen molar-refractivity contribution in [2.24, 2.45) is 14.1 Å². The van der Waals surface area contributed by atoms with Crippen molar-refractivity contribution in [3.05, 3.63) is 57.0 Å². The van der Waals surface area contributed by atoms with Crippen LogP contribution in [0.2, 0.25) is 0 Å². The summed E-state index contributed by atoms with van der Waals surface area (Å²) in [4.78, 5) is 31.4. The van der Waals surface area contributed by atoms with Crippen LogP contribution in [0.5, 0.6) is 5.75 Å². The van der Waals surface area contributed by atoms with Crippen LogP contribution >= 0.6 is 0 Å². The predicted molar refractivity (Wildman–Crippen MR) is 82.1 cm³/mol. The third-order valence-electron chi connectivity index (χ3n) is 3.55. The van der Waals surface area contributed by atoms with E-state index in [1.54, 1.807) is 7.05 Å². The fourth-order valence-electron chi connectivity index (χ4n) is 2.30. The number of benzene rings is 1. The summed E-state index contributed by atoms with van der Waals surface area (Å²) in [5, 5.41) is 0. The third kappa shape index (κ3) is 2.20. The van der Waals surface area contributed by atoms with Crippen LogP contribution in [-0.4, -0.2) is 19.1 Å². The van der Waals surface area contributed by atoms with E-state index in [1.165, 1.54) is 11.6 Å². The number of imidazole rings is 1. The van der Waals surface area contributed by atoms with Crippen molar-refractivity contribution in [2.75, 3.05) is 0 Å². The van der Waals surface area contributed by atoms with Crippen LogP contribution in [0, 0.1) is 0 Å². The predicted octanol–water partition coefficient (Wildman–Crippen LogP) is 1.10. The Balaban J connectivity index is 2.06. The molecule has 0 saturated carbocycles. The minimum atomic E-state index is -0.410. The fourth-order valence-corrected chi connectivity index (χ4v) is 2.30. The van der Waals surface area contributed by atoms with Crippen LogP contribution in [-0.2, 0) is 14.1 Å². The highest BCUT2D eigenvalue weighted by Gasteiger charge is 2.17. The summed E-state index contributed by atoms with van der Waals surface area (Å²) in [7, 11) is 3.02. The van der Waals surface area contributed by atoms with Gasteiger partial charge < -0.3 is 9.72 Å². The molecule has 2 heterocycles. The first-order valence-electron chi connectivity index (χ1n) is 6.86. The standard InChI is InChI=1S/C15H16N4O3/c1-9(22-10-7-5-4-6-8-10)12-16-11-13(17-12)18(2)15(21)19(3)14(11)20/h4-9H,1-3H3,(H,16,17). The number of hydrogen-bond acceptors (Lipinski definition) is 4. The molecule has 7 heteroatoms. The molecule has 1 N–H and O–H groups in total. The molecule has 1 unspecified atom stereocenters. The number of H-pyrrole nitrogens is 1. The van der Waals surface area contributed by atoms with Crippen molar-refractivity contribution in [3.63, 3.8) is 0 Å². The summed E-state index contributed by atoms with van der Waals surface area (Å²) < 4.78 is 8.17. The van der Waals surface area contributed by atoms with E-state index in [2.05, 4.69) is 9.97 Å². The van der Waals surface area contributed by atoms with E-state index < -0.39 is 11.2 Å². The molecule has 114 valence electrons. The van der Waals surface area contributed by atoms with Crippen molar-refractivity contribution >= 4 is 11.2 Å². The average Bonchev–Trinajstić information content (AvgIpc) is 2.97. The van der Waals surface area contributed by atoms with Crippen LogP contribution in [0.4, 0.5) is 0 Å². The lowest BCUT2D eigenvalue weighted by molar-refractivity contribution is 0.218. The van der Waals surface area contributed by atoms with Gasteiger partial charge in [0.15, 0.2) is 11.8 Å². The first-order chi connectivity index (χ1) is 10.5. The van der Waals surface area contributed by atoms with Crippen molar-refractivity contribution < 1.29 is 4.74 Å². The molecular weight excluding hydrogens is 284 g/mol. The van der Waals surface area contributed by atoms with Crippen LogP contribution in [0.25, 0.3) is 11.2 Å². The lowest BCUT2D eigenvalue weighted by Gasteiger charge is -2.11. The van der Waals surface area contributed by atoms with Crippen LogP contribution in [0.15, 0.2) is 39.9 Å². The number of nitrogens with one attached hydrogen (secondary N) is 1. The van der Waals surface area contributed by atoms with Gasteiger partial charge in [-0.05, 0) is 19.1 Å². The highest BCUT2D eigenvalue weighted by atomic mass is 16.5. The second kappa shape index (κ2) is 5.18. The SMILES string of the molecule is CC(Oc1ccccc1)c1nc2c([nH]1)c(=O)n(C)c(=O)n2C. The lowest BCUT2D eigenvalue weighted by Crippen LogP contribution is -2.36. The van der Waals surface area contributed by atoms with Crippen LogP contribution < -0.4 is 16.0 Å². The number of aromatic amines is 1. The number of para-hydroxylation sites is 1. The van der Waals surface area contributed by atoms with E-state index in [4.69, 9.17) is 4.74 Å². The Morgan fingerprint density at radius 2 is 1.82 bits per heavy atom. The van der Waals surface area contributed by atoms with Gasteiger partial charge in [-0.1, -0.05) is 18.2 Å². The Labute approximate surface area is 125 Å². The maximum Gasteiger partial charge on any atom is 0.332 e. The van der Waals surface area contributed by atoms with Gasteiger partial charge in [-0.2, -0.15) is 0 Å². The quantitative estimate of drug-likeness (QED) is 0.785. The highest BCUT2D eigenvalue weighted by molar-refractivity contribution is 5.69. The summed E-state index contributed by atoms with van der Waals surface area (Å²) in [6.45, 7) is 1.83. The number of ether oxygens (including phenoxy) is 1. The summed E-state index contributed by atoms with van der Waals surface area (Å²) in [6.07, 6.45) is -0.380. The van der Waals surface area contributed by atoms with Gasteiger partial charge in [-0.3, -0.25) is 13.9 Å². The molecule has 0 fully saturated rings. The molecule has 0 bridgehead atoms. The van der Waals surface area contributed by atoms with Crippen molar-refractivity contribution in [1.82, 2.24) is 19.1 Å². The molecule has 0 spiro atoms. The summed E-state index contributed by atoms with van der Waals surface area (Å²) >= 11 is 0. The summed E-state index contributed by atoms with van der Waals surface area (Å²) in [5.41, 5.74) is -0.189. The van der Waals surface area contributed by atoms with Gasteiger partial charge in [0.2, 0.25) is 0 Å². The molecule has 0 aliphatic carbocycles. The Bertz CT molecular complexity index is 937.